The van der Waals surface area contributed by atoms with Gasteiger partial charge in [-0.05, 0) is 43.9 Å². The van der Waals surface area contributed by atoms with Crippen LogP contribution in [0.1, 0.15) is 105 Å². The van der Waals surface area contributed by atoms with Crippen LogP contribution in [0.5, 0.6) is 0 Å². The molecule has 0 aliphatic rings. The number of hydrogen-bond acceptors (Lipinski definition) is 6. The molecular formula is C27H47NNa2O5S. The summed E-state index contributed by atoms with van der Waals surface area (Å²) >= 11 is 1.40. The van der Waals surface area contributed by atoms with Gasteiger partial charge in [0, 0.05) is 23.9 Å². The number of aliphatic carboxylic acids is 2. The molecule has 9 heteroatoms. The topological polar surface area (TPSA) is 109 Å². The Hall–Kier alpha value is 0.500. The molecule has 0 saturated heterocycles. The molecule has 198 valence electrons. The molecule has 0 aromatic heterocycles. The van der Waals surface area contributed by atoms with Crippen molar-refractivity contribution in [2.24, 2.45) is 17.8 Å². The van der Waals surface area contributed by atoms with Crippen molar-refractivity contribution in [3.63, 3.8) is 0 Å². The van der Waals surface area contributed by atoms with Gasteiger partial charge in [-0.3, -0.25) is 4.79 Å². The van der Waals surface area contributed by atoms with Gasteiger partial charge < -0.3 is 25.1 Å². The average molecular weight is 544 g/mol. The molecular weight excluding hydrogens is 496 g/mol. The van der Waals surface area contributed by atoms with Crippen LogP contribution in [0.2, 0.25) is 0 Å². The number of allylic oxidation sites excluding steroid dienone is 1. The molecule has 0 saturated carbocycles. The molecule has 36 heavy (non-hydrogen) atoms. The summed E-state index contributed by atoms with van der Waals surface area (Å²) in [5.41, 5.74) is 1.29. The minimum absolute atomic E-state index is 0. The largest absolute Gasteiger partial charge is 1.00 e. The number of nitrogens with one attached hydrogen (secondary N) is 1. The second kappa shape index (κ2) is 25.8. The Bertz CT molecular complexity index is 631. The van der Waals surface area contributed by atoms with Gasteiger partial charge in [0.15, 0.2) is 0 Å². The number of rotatable bonds is 21. The van der Waals surface area contributed by atoms with Crippen molar-refractivity contribution in [2.75, 3.05) is 11.5 Å². The number of carboxylic acid groups (broad SMARTS) is 2. The molecule has 6 nitrogen and oxygen atoms in total. The van der Waals surface area contributed by atoms with Crippen molar-refractivity contribution < 1.29 is 83.7 Å². The molecule has 3 atom stereocenters. The Morgan fingerprint density at radius 1 is 0.806 bits per heavy atom. The van der Waals surface area contributed by atoms with Gasteiger partial charge in [0.1, 0.15) is 0 Å². The Morgan fingerprint density at radius 3 is 1.83 bits per heavy atom. The summed E-state index contributed by atoms with van der Waals surface area (Å²) in [5, 5.41) is 23.9. The monoisotopic (exact) mass is 543 g/mol. The normalized spacial score (nSPS) is 13.8. The maximum Gasteiger partial charge on any atom is 1.00 e. The van der Waals surface area contributed by atoms with E-state index >= 15 is 0 Å². The van der Waals surface area contributed by atoms with E-state index in [1.807, 2.05) is 0 Å². The minimum atomic E-state index is -1.37. The van der Waals surface area contributed by atoms with Crippen molar-refractivity contribution in [1.82, 2.24) is 5.32 Å². The molecule has 0 spiro atoms. The average Bonchev–Trinajstić information content (AvgIpc) is 2.73. The summed E-state index contributed by atoms with van der Waals surface area (Å²) in [6, 6.07) is -1.13. The van der Waals surface area contributed by atoms with E-state index in [2.05, 4.69) is 46.0 Å². The third kappa shape index (κ3) is 26.1. The van der Waals surface area contributed by atoms with Crippen LogP contribution in [0.15, 0.2) is 11.6 Å². The van der Waals surface area contributed by atoms with E-state index < -0.39 is 30.3 Å². The summed E-state index contributed by atoms with van der Waals surface area (Å²) in [5.74, 6) is -0.105. The van der Waals surface area contributed by atoms with Crippen LogP contribution in [0.4, 0.5) is 0 Å². The fourth-order valence-corrected chi connectivity index (χ4v) is 4.84. The van der Waals surface area contributed by atoms with Gasteiger partial charge in [0.05, 0.1) is 12.0 Å². The Morgan fingerprint density at radius 2 is 1.33 bits per heavy atom. The third-order valence-electron chi connectivity index (χ3n) is 6.15. The maximum atomic E-state index is 11.6. The predicted molar refractivity (Wildman–Crippen MR) is 137 cm³/mol. The maximum absolute atomic E-state index is 11.6. The second-order valence-electron chi connectivity index (χ2n) is 10.3. The van der Waals surface area contributed by atoms with Crippen molar-refractivity contribution >= 4 is 29.6 Å². The number of carboxylic acids is 2. The van der Waals surface area contributed by atoms with Crippen LogP contribution in [0.3, 0.4) is 0 Å². The molecule has 0 bridgehead atoms. The van der Waals surface area contributed by atoms with E-state index in [0.717, 1.165) is 30.6 Å². The molecule has 3 unspecified atom stereocenters. The third-order valence-corrected chi connectivity index (χ3v) is 7.12. The van der Waals surface area contributed by atoms with Crippen LogP contribution >= 0.6 is 11.8 Å². The van der Waals surface area contributed by atoms with Crippen LogP contribution in [0.25, 0.3) is 0 Å². The van der Waals surface area contributed by atoms with Gasteiger partial charge >= 0.3 is 59.1 Å². The van der Waals surface area contributed by atoms with Gasteiger partial charge in [0.25, 0.3) is 0 Å². The van der Waals surface area contributed by atoms with E-state index in [9.17, 15) is 24.6 Å². The van der Waals surface area contributed by atoms with Gasteiger partial charge in [-0.25, -0.2) is 0 Å². The molecule has 0 radical (unpaired) electrons. The summed E-state index contributed by atoms with van der Waals surface area (Å²) < 4.78 is 0. The first-order valence-corrected chi connectivity index (χ1v) is 14.1. The molecule has 0 fully saturated rings. The summed E-state index contributed by atoms with van der Waals surface area (Å²) in [7, 11) is 0. The van der Waals surface area contributed by atoms with E-state index in [1.54, 1.807) is 0 Å². The Labute approximate surface area is 268 Å². The molecule has 0 aromatic carbocycles. The predicted octanol–water partition coefficient (Wildman–Crippen LogP) is -2.12. The number of hydrogen-bond donors (Lipinski definition) is 1. The number of amides is 1. The summed E-state index contributed by atoms with van der Waals surface area (Å²) in [4.78, 5) is 33.2. The molecule has 0 heterocycles. The zero-order chi connectivity index (χ0) is 25.9. The van der Waals surface area contributed by atoms with Crippen LogP contribution in [0, 0.1) is 17.8 Å². The van der Waals surface area contributed by atoms with E-state index in [1.165, 1.54) is 62.3 Å². The molecule has 0 aromatic rings. The number of thioether (sulfide) groups is 1. The SMILES string of the molecule is C/C(=C\CSCC(NC(=O)CCC(=O)[O-])C(=O)[O-])CCCC(C)CCCC(C)CCCC(C)C.[Na+].[Na+]. The van der Waals surface area contributed by atoms with Crippen LogP contribution < -0.4 is 74.6 Å². The minimum Gasteiger partial charge on any atom is -0.550 e. The standard InChI is InChI=1S/C27H49NO5S.2Na/c1-20(2)9-6-10-21(3)11-7-12-22(4)13-8-14-23(5)17-18-34-19-24(27(32)33)28-25(29)15-16-26(30)31;;/h17,20-22,24H,6-16,18-19H2,1-5H3,(H,28,29)(H,30,31)(H,32,33);;/q;2*+1/p-2/b23-17+;;. The van der Waals surface area contributed by atoms with Crippen LogP contribution in [-0.4, -0.2) is 35.4 Å². The van der Waals surface area contributed by atoms with Gasteiger partial charge in [-0.1, -0.05) is 84.3 Å². The first-order chi connectivity index (χ1) is 16.0. The Balaban J connectivity index is -0.00000544. The molecule has 0 rings (SSSR count). The smallest absolute Gasteiger partial charge is 0.550 e. The summed E-state index contributed by atoms with van der Waals surface area (Å²) in [6.07, 6.45) is 12.8. The van der Waals surface area contributed by atoms with Gasteiger partial charge in [0.2, 0.25) is 5.91 Å². The molecule has 1 N–H and O–H groups in total. The first kappa shape index (κ1) is 41.0. The second-order valence-corrected chi connectivity index (χ2v) is 11.3. The zero-order valence-electron chi connectivity index (χ0n) is 24.0. The van der Waals surface area contributed by atoms with Crippen LogP contribution in [-0.2, 0) is 14.4 Å². The van der Waals surface area contributed by atoms with Crippen molar-refractivity contribution in [1.29, 1.82) is 0 Å². The first-order valence-electron chi connectivity index (χ1n) is 12.9. The van der Waals surface area contributed by atoms with Crippen molar-refractivity contribution in [2.45, 2.75) is 111 Å². The Kier molecular flexibility index (Phi) is 29.3. The summed E-state index contributed by atoms with van der Waals surface area (Å²) in [6.45, 7) is 11.4. The fourth-order valence-electron chi connectivity index (χ4n) is 3.85. The van der Waals surface area contributed by atoms with E-state index in [0.29, 0.717) is 5.75 Å². The van der Waals surface area contributed by atoms with Crippen molar-refractivity contribution in [3.05, 3.63) is 11.6 Å². The van der Waals surface area contributed by atoms with E-state index in [4.69, 9.17) is 0 Å². The molecule has 0 aliphatic heterocycles. The van der Waals surface area contributed by atoms with Gasteiger partial charge in [-0.2, -0.15) is 11.8 Å². The number of carbonyl (C=O) groups is 3. The van der Waals surface area contributed by atoms with E-state index in [-0.39, 0.29) is 71.3 Å². The molecule has 0 aliphatic carbocycles. The quantitative estimate of drug-likeness (QED) is 0.101. The number of carbonyl (C=O) groups excluding carboxylic acids is 3. The zero-order valence-corrected chi connectivity index (χ0v) is 28.8. The fraction of sp³-hybridized carbons (Fsp3) is 0.815. The molecule has 1 amide bonds. The van der Waals surface area contributed by atoms with Gasteiger partial charge in [-0.15, -0.1) is 0 Å². The van der Waals surface area contributed by atoms with Crippen molar-refractivity contribution in [3.8, 4) is 0 Å².